The van der Waals surface area contributed by atoms with Crippen LogP contribution in [0.3, 0.4) is 0 Å². The third kappa shape index (κ3) is 9.40. The van der Waals surface area contributed by atoms with Gasteiger partial charge in [0, 0.05) is 0 Å². The summed E-state index contributed by atoms with van der Waals surface area (Å²) in [5, 5.41) is 0. The van der Waals surface area contributed by atoms with Crippen molar-refractivity contribution in [1.29, 1.82) is 0 Å². The Bertz CT molecular complexity index is 416. The standard InChI is InChI=1S/C22H38O4/c1-3-5-7-9-10-14-18-26-22(24)20-16-12-11-15-19(20)21(23)25-17-13-8-6-4-2/h11-12,19-20H,3-10,13-18H2,1-2H3. The Morgan fingerprint density at radius 3 is 1.54 bits per heavy atom. The fraction of sp³-hybridized carbons (Fsp3) is 0.818. The average molecular weight is 367 g/mol. The molecule has 1 rings (SSSR count). The van der Waals surface area contributed by atoms with Gasteiger partial charge in [0.25, 0.3) is 0 Å². The van der Waals surface area contributed by atoms with Gasteiger partial charge in [-0.2, -0.15) is 0 Å². The number of hydrogen-bond acceptors (Lipinski definition) is 4. The van der Waals surface area contributed by atoms with Crippen LogP contribution in [-0.4, -0.2) is 25.2 Å². The van der Waals surface area contributed by atoms with Gasteiger partial charge in [0.05, 0.1) is 25.0 Å². The minimum Gasteiger partial charge on any atom is -0.465 e. The molecule has 0 amide bonds. The van der Waals surface area contributed by atoms with E-state index in [2.05, 4.69) is 13.8 Å². The predicted molar refractivity (Wildman–Crippen MR) is 105 cm³/mol. The van der Waals surface area contributed by atoms with E-state index < -0.39 is 0 Å². The van der Waals surface area contributed by atoms with Crippen LogP contribution in [0.15, 0.2) is 12.2 Å². The SMILES string of the molecule is CCCCCCCCOC(=O)C1CC=CCC1C(=O)OCCCCCC. The molecular formula is C22H38O4. The Balaban J connectivity index is 2.29. The molecule has 0 saturated heterocycles. The number of hydrogen-bond donors (Lipinski definition) is 0. The zero-order valence-electron chi connectivity index (χ0n) is 16.8. The first-order valence-electron chi connectivity index (χ1n) is 10.7. The summed E-state index contributed by atoms with van der Waals surface area (Å²) in [6, 6.07) is 0. The molecule has 0 aromatic carbocycles. The summed E-state index contributed by atoms with van der Waals surface area (Å²) in [6.45, 7) is 5.28. The first kappa shape index (κ1) is 22.7. The van der Waals surface area contributed by atoms with Gasteiger partial charge in [-0.3, -0.25) is 9.59 Å². The van der Waals surface area contributed by atoms with Crippen LogP contribution in [0.4, 0.5) is 0 Å². The van der Waals surface area contributed by atoms with Gasteiger partial charge in [-0.25, -0.2) is 0 Å². The van der Waals surface area contributed by atoms with Gasteiger partial charge < -0.3 is 9.47 Å². The van der Waals surface area contributed by atoms with Gasteiger partial charge in [-0.1, -0.05) is 77.4 Å². The molecule has 2 unspecified atom stereocenters. The molecule has 2 atom stereocenters. The Morgan fingerprint density at radius 1 is 0.692 bits per heavy atom. The van der Waals surface area contributed by atoms with E-state index in [9.17, 15) is 9.59 Å². The van der Waals surface area contributed by atoms with Crippen molar-refractivity contribution in [2.75, 3.05) is 13.2 Å². The molecule has 0 saturated carbocycles. The van der Waals surface area contributed by atoms with Crippen LogP contribution >= 0.6 is 0 Å². The van der Waals surface area contributed by atoms with E-state index in [4.69, 9.17) is 9.47 Å². The van der Waals surface area contributed by atoms with Crippen molar-refractivity contribution >= 4 is 11.9 Å². The highest BCUT2D eigenvalue weighted by molar-refractivity contribution is 5.82. The molecule has 1 aliphatic rings. The number of ether oxygens (including phenoxy) is 2. The maximum absolute atomic E-state index is 12.4. The van der Waals surface area contributed by atoms with E-state index in [0.29, 0.717) is 26.1 Å². The Labute approximate surface area is 159 Å². The van der Waals surface area contributed by atoms with Gasteiger partial charge in [0.2, 0.25) is 0 Å². The highest BCUT2D eigenvalue weighted by Gasteiger charge is 2.36. The van der Waals surface area contributed by atoms with Gasteiger partial charge in [0.1, 0.15) is 0 Å². The third-order valence-corrected chi connectivity index (χ3v) is 5.02. The van der Waals surface area contributed by atoms with Crippen molar-refractivity contribution in [2.24, 2.45) is 11.8 Å². The second kappa shape index (κ2) is 14.8. The maximum atomic E-state index is 12.4. The fourth-order valence-electron chi connectivity index (χ4n) is 3.31. The molecule has 0 bridgehead atoms. The van der Waals surface area contributed by atoms with Gasteiger partial charge >= 0.3 is 11.9 Å². The lowest BCUT2D eigenvalue weighted by atomic mass is 9.83. The highest BCUT2D eigenvalue weighted by Crippen LogP contribution is 2.28. The Morgan fingerprint density at radius 2 is 1.08 bits per heavy atom. The van der Waals surface area contributed by atoms with Gasteiger partial charge in [-0.05, 0) is 25.7 Å². The first-order valence-corrected chi connectivity index (χ1v) is 10.7. The molecule has 4 nitrogen and oxygen atoms in total. The van der Waals surface area contributed by atoms with Crippen LogP contribution in [0.5, 0.6) is 0 Å². The quantitative estimate of drug-likeness (QED) is 0.228. The predicted octanol–water partition coefficient (Wildman–Crippen LogP) is 5.60. The molecule has 0 aromatic rings. The summed E-state index contributed by atoms with van der Waals surface area (Å²) in [5.41, 5.74) is 0. The molecule has 0 fully saturated rings. The van der Waals surface area contributed by atoms with E-state index in [1.54, 1.807) is 0 Å². The molecule has 26 heavy (non-hydrogen) atoms. The molecule has 1 aliphatic carbocycles. The lowest BCUT2D eigenvalue weighted by molar-refractivity contribution is -0.161. The number of carbonyl (C=O) groups is 2. The number of rotatable bonds is 14. The number of unbranched alkanes of at least 4 members (excludes halogenated alkanes) is 8. The molecule has 0 aromatic heterocycles. The molecule has 0 spiro atoms. The first-order chi connectivity index (χ1) is 12.7. The summed E-state index contributed by atoms with van der Waals surface area (Å²) in [6.07, 6.45) is 16.4. The second-order valence-electron chi connectivity index (χ2n) is 7.32. The molecule has 0 N–H and O–H groups in total. The molecule has 0 aliphatic heterocycles. The van der Waals surface area contributed by atoms with Crippen LogP contribution < -0.4 is 0 Å². The topological polar surface area (TPSA) is 52.6 Å². The minimum absolute atomic E-state index is 0.240. The normalized spacial score (nSPS) is 19.3. The smallest absolute Gasteiger partial charge is 0.310 e. The average Bonchev–Trinajstić information content (AvgIpc) is 2.66. The number of allylic oxidation sites excluding steroid dienone is 2. The third-order valence-electron chi connectivity index (χ3n) is 5.02. The van der Waals surface area contributed by atoms with Crippen molar-refractivity contribution < 1.29 is 19.1 Å². The monoisotopic (exact) mass is 366 g/mol. The van der Waals surface area contributed by atoms with Gasteiger partial charge in [0.15, 0.2) is 0 Å². The minimum atomic E-state index is -0.386. The van der Waals surface area contributed by atoms with Crippen molar-refractivity contribution in [1.82, 2.24) is 0 Å². The van der Waals surface area contributed by atoms with Crippen LogP contribution in [0.2, 0.25) is 0 Å². The summed E-state index contributed by atoms with van der Waals surface area (Å²) >= 11 is 0. The van der Waals surface area contributed by atoms with E-state index >= 15 is 0 Å². The zero-order chi connectivity index (χ0) is 19.0. The summed E-state index contributed by atoms with van der Waals surface area (Å²) in [4.78, 5) is 24.8. The lowest BCUT2D eigenvalue weighted by Crippen LogP contribution is -2.34. The van der Waals surface area contributed by atoms with E-state index in [1.807, 2.05) is 12.2 Å². The second-order valence-corrected chi connectivity index (χ2v) is 7.32. The molecule has 0 radical (unpaired) electrons. The Hall–Kier alpha value is -1.32. The van der Waals surface area contributed by atoms with E-state index in [0.717, 1.165) is 38.5 Å². The lowest BCUT2D eigenvalue weighted by Gasteiger charge is -2.25. The van der Waals surface area contributed by atoms with Crippen LogP contribution in [0.1, 0.15) is 90.9 Å². The zero-order valence-corrected chi connectivity index (χ0v) is 16.8. The molecule has 4 heteroatoms. The summed E-state index contributed by atoms with van der Waals surface area (Å²) in [5.74, 6) is -1.25. The largest absolute Gasteiger partial charge is 0.465 e. The van der Waals surface area contributed by atoms with Crippen LogP contribution in [0, 0.1) is 11.8 Å². The van der Waals surface area contributed by atoms with Crippen molar-refractivity contribution in [3.8, 4) is 0 Å². The van der Waals surface area contributed by atoms with Crippen molar-refractivity contribution in [2.45, 2.75) is 90.9 Å². The summed E-state index contributed by atoms with van der Waals surface area (Å²) < 4.78 is 10.9. The number of carbonyl (C=O) groups excluding carboxylic acids is 2. The summed E-state index contributed by atoms with van der Waals surface area (Å²) in [7, 11) is 0. The van der Waals surface area contributed by atoms with Crippen molar-refractivity contribution in [3.63, 3.8) is 0 Å². The van der Waals surface area contributed by atoms with Gasteiger partial charge in [-0.15, -0.1) is 0 Å². The molecule has 0 heterocycles. The molecule has 150 valence electrons. The Kier molecular flexibility index (Phi) is 12.9. The van der Waals surface area contributed by atoms with Crippen molar-refractivity contribution in [3.05, 3.63) is 12.2 Å². The van der Waals surface area contributed by atoms with Crippen LogP contribution in [-0.2, 0) is 19.1 Å². The fourth-order valence-corrected chi connectivity index (χ4v) is 3.31. The number of esters is 2. The highest BCUT2D eigenvalue weighted by atomic mass is 16.5. The molecular weight excluding hydrogens is 328 g/mol. The van der Waals surface area contributed by atoms with Crippen LogP contribution in [0.25, 0.3) is 0 Å². The maximum Gasteiger partial charge on any atom is 0.310 e. The van der Waals surface area contributed by atoms with E-state index in [-0.39, 0.29) is 23.8 Å². The van der Waals surface area contributed by atoms with E-state index in [1.165, 1.54) is 25.7 Å².